The molecule has 96 valence electrons. The second kappa shape index (κ2) is 6.58. The molecule has 6 nitrogen and oxygen atoms in total. The van der Waals surface area contributed by atoms with Gasteiger partial charge in [0, 0.05) is 18.4 Å². The number of anilines is 1. The lowest BCUT2D eigenvalue weighted by atomic mass is 10.3. The van der Waals surface area contributed by atoms with Crippen molar-refractivity contribution < 1.29 is 9.47 Å². The highest BCUT2D eigenvalue weighted by Crippen LogP contribution is 2.15. The molecular weight excluding hydrogens is 288 g/mol. The average molecular weight is 305 g/mol. The molecule has 0 N–H and O–H groups in total. The van der Waals surface area contributed by atoms with E-state index >= 15 is 0 Å². The van der Waals surface area contributed by atoms with Crippen LogP contribution in [0.3, 0.4) is 0 Å². The minimum absolute atomic E-state index is 0.255. The quantitative estimate of drug-likeness (QED) is 0.742. The summed E-state index contributed by atoms with van der Waals surface area (Å²) in [6.07, 6.45) is 0.993. The van der Waals surface area contributed by atoms with Crippen LogP contribution in [0, 0.1) is 0 Å². The molecule has 1 aromatic heterocycles. The third-order valence-electron chi connectivity index (χ3n) is 2.15. The second-order valence-electron chi connectivity index (χ2n) is 3.60. The molecule has 0 aliphatic heterocycles. The van der Waals surface area contributed by atoms with E-state index in [2.05, 4.69) is 37.8 Å². The molecule has 1 atom stereocenters. The number of ether oxygens (including phenoxy) is 2. The Kier molecular flexibility index (Phi) is 5.40. The van der Waals surface area contributed by atoms with Gasteiger partial charge in [-0.3, -0.25) is 0 Å². The molecule has 0 fully saturated rings. The predicted octanol–water partition coefficient (Wildman–Crippen LogP) is 1.50. The third-order valence-corrected chi connectivity index (χ3v) is 2.61. The summed E-state index contributed by atoms with van der Waals surface area (Å²) in [6.45, 7) is 2.94. The maximum absolute atomic E-state index is 4.99. The number of aromatic nitrogens is 3. The van der Waals surface area contributed by atoms with Gasteiger partial charge in [-0.1, -0.05) is 22.9 Å². The monoisotopic (exact) mass is 304 g/mol. The van der Waals surface area contributed by atoms with E-state index in [0.29, 0.717) is 10.8 Å². The Balaban J connectivity index is 2.80. The van der Waals surface area contributed by atoms with Crippen molar-refractivity contribution in [3.8, 4) is 12.0 Å². The van der Waals surface area contributed by atoms with Gasteiger partial charge in [-0.05, 0) is 6.42 Å². The van der Waals surface area contributed by atoms with Gasteiger partial charge in [-0.15, -0.1) is 4.98 Å². The van der Waals surface area contributed by atoms with Gasteiger partial charge in [0.05, 0.1) is 14.2 Å². The van der Waals surface area contributed by atoms with Crippen LogP contribution in [0.1, 0.15) is 13.3 Å². The summed E-state index contributed by atoms with van der Waals surface area (Å²) in [4.78, 5) is 14.7. The fourth-order valence-electron chi connectivity index (χ4n) is 1.15. The molecule has 0 saturated carbocycles. The lowest BCUT2D eigenvalue weighted by Crippen LogP contribution is -2.23. The largest absolute Gasteiger partial charge is 0.467 e. The van der Waals surface area contributed by atoms with Crippen LogP contribution in [0.2, 0.25) is 0 Å². The molecule has 0 aliphatic carbocycles. The Bertz CT molecular complexity index is 340. The molecule has 0 aliphatic rings. The average Bonchev–Trinajstić information content (AvgIpc) is 2.34. The Hall–Kier alpha value is -1.11. The molecule has 1 heterocycles. The van der Waals surface area contributed by atoms with E-state index in [1.165, 1.54) is 14.2 Å². The van der Waals surface area contributed by atoms with Crippen molar-refractivity contribution >= 4 is 21.9 Å². The van der Waals surface area contributed by atoms with Crippen LogP contribution in [0.15, 0.2) is 0 Å². The van der Waals surface area contributed by atoms with Gasteiger partial charge in [-0.2, -0.15) is 9.97 Å². The van der Waals surface area contributed by atoms with Gasteiger partial charge >= 0.3 is 12.0 Å². The van der Waals surface area contributed by atoms with E-state index in [4.69, 9.17) is 9.47 Å². The van der Waals surface area contributed by atoms with Crippen molar-refractivity contribution in [1.82, 2.24) is 15.0 Å². The zero-order valence-corrected chi connectivity index (χ0v) is 12.1. The maximum atomic E-state index is 4.99. The highest BCUT2D eigenvalue weighted by molar-refractivity contribution is 9.09. The van der Waals surface area contributed by atoms with E-state index in [-0.39, 0.29) is 12.0 Å². The van der Waals surface area contributed by atoms with Gasteiger partial charge in [0.1, 0.15) is 0 Å². The van der Waals surface area contributed by atoms with Gasteiger partial charge in [0.2, 0.25) is 5.95 Å². The maximum Gasteiger partial charge on any atom is 0.324 e. The molecule has 0 bridgehead atoms. The van der Waals surface area contributed by atoms with E-state index < -0.39 is 0 Å². The van der Waals surface area contributed by atoms with Gasteiger partial charge in [0.15, 0.2) is 0 Å². The summed E-state index contributed by atoms with van der Waals surface area (Å²) in [7, 11) is 4.95. The summed E-state index contributed by atoms with van der Waals surface area (Å²) in [5.41, 5.74) is 0. The van der Waals surface area contributed by atoms with Crippen LogP contribution >= 0.6 is 15.9 Å². The Morgan fingerprint density at radius 3 is 2.12 bits per heavy atom. The highest BCUT2D eigenvalue weighted by Gasteiger charge is 2.11. The first-order valence-electron chi connectivity index (χ1n) is 5.26. The molecule has 0 amide bonds. The first-order chi connectivity index (χ1) is 8.06. The number of nitrogens with zero attached hydrogens (tertiary/aromatic N) is 4. The molecule has 0 aromatic carbocycles. The van der Waals surface area contributed by atoms with E-state index in [9.17, 15) is 0 Å². The van der Waals surface area contributed by atoms with Crippen LogP contribution in [0.4, 0.5) is 5.95 Å². The number of hydrogen-bond donors (Lipinski definition) is 0. The molecule has 1 unspecified atom stereocenters. The van der Waals surface area contributed by atoms with Crippen molar-refractivity contribution in [2.45, 2.75) is 18.2 Å². The topological polar surface area (TPSA) is 60.4 Å². The zero-order valence-electron chi connectivity index (χ0n) is 10.5. The van der Waals surface area contributed by atoms with Gasteiger partial charge in [-0.25, -0.2) is 0 Å². The van der Waals surface area contributed by atoms with Crippen molar-refractivity contribution in [2.24, 2.45) is 0 Å². The number of hydrogen-bond acceptors (Lipinski definition) is 6. The molecule has 0 saturated heterocycles. The van der Waals surface area contributed by atoms with Crippen LogP contribution in [0.5, 0.6) is 12.0 Å². The molecule has 1 aromatic rings. The fourth-order valence-corrected chi connectivity index (χ4v) is 1.36. The molecule has 0 radical (unpaired) electrons. The Labute approximate surface area is 109 Å². The molecule has 7 heteroatoms. The first kappa shape index (κ1) is 14.0. The summed E-state index contributed by atoms with van der Waals surface area (Å²) < 4.78 is 9.99. The van der Waals surface area contributed by atoms with Crippen LogP contribution < -0.4 is 14.4 Å². The summed E-state index contributed by atoms with van der Waals surface area (Å²) in [6, 6.07) is 0.510. The van der Waals surface area contributed by atoms with Gasteiger partial charge < -0.3 is 14.4 Å². The summed E-state index contributed by atoms with van der Waals surface area (Å²) in [5.74, 6) is 0.543. The Morgan fingerprint density at radius 2 is 1.71 bits per heavy atom. The van der Waals surface area contributed by atoms with E-state index in [1.54, 1.807) is 0 Å². The number of rotatable bonds is 6. The minimum Gasteiger partial charge on any atom is -0.467 e. The number of halogens is 1. The highest BCUT2D eigenvalue weighted by atomic mass is 79.9. The van der Waals surface area contributed by atoms with Crippen LogP contribution in [-0.2, 0) is 0 Å². The molecule has 0 spiro atoms. The molecular formula is C10H17BrN4O2. The van der Waals surface area contributed by atoms with Crippen LogP contribution in [-0.4, -0.2) is 47.6 Å². The summed E-state index contributed by atoms with van der Waals surface area (Å²) >= 11 is 3.50. The number of alkyl halides is 1. The Morgan fingerprint density at radius 1 is 1.18 bits per heavy atom. The minimum atomic E-state index is 0.255. The van der Waals surface area contributed by atoms with Crippen molar-refractivity contribution in [1.29, 1.82) is 0 Å². The zero-order chi connectivity index (χ0) is 12.8. The molecule has 1 rings (SSSR count). The van der Waals surface area contributed by atoms with Crippen molar-refractivity contribution in [3.05, 3.63) is 0 Å². The van der Waals surface area contributed by atoms with Gasteiger partial charge in [0.25, 0.3) is 0 Å². The molecule has 17 heavy (non-hydrogen) atoms. The lowest BCUT2D eigenvalue weighted by molar-refractivity contribution is 0.340. The smallest absolute Gasteiger partial charge is 0.324 e. The number of methoxy groups -OCH3 is 2. The lowest BCUT2D eigenvalue weighted by Gasteiger charge is -2.18. The second-order valence-corrected chi connectivity index (χ2v) is 5.16. The normalized spacial score (nSPS) is 12.1. The fraction of sp³-hybridized carbons (Fsp3) is 0.700. The standard InChI is InChI=1S/C10H17BrN4O2/c1-7(11)5-6-15(2)8-12-9(16-3)14-10(13-8)17-4/h7H,5-6H2,1-4H3. The van der Waals surface area contributed by atoms with Crippen molar-refractivity contribution in [2.75, 3.05) is 32.7 Å². The SMILES string of the molecule is COc1nc(OC)nc(N(C)CCC(C)Br)n1. The van der Waals surface area contributed by atoms with E-state index in [1.807, 2.05) is 11.9 Å². The van der Waals surface area contributed by atoms with Crippen molar-refractivity contribution in [3.63, 3.8) is 0 Å². The van der Waals surface area contributed by atoms with Crippen LogP contribution in [0.25, 0.3) is 0 Å². The third kappa shape index (κ3) is 4.33. The first-order valence-corrected chi connectivity index (χ1v) is 6.17. The predicted molar refractivity (Wildman–Crippen MR) is 69.2 cm³/mol. The summed E-state index contributed by atoms with van der Waals surface area (Å²) in [5, 5.41) is 0. The van der Waals surface area contributed by atoms with E-state index in [0.717, 1.165) is 13.0 Å².